The molecule has 2 heterocycles. The molecule has 0 bridgehead atoms. The van der Waals surface area contributed by atoms with Crippen LogP contribution in [0.4, 0.5) is 0 Å². The first-order chi connectivity index (χ1) is 9.39. The predicted octanol–water partition coefficient (Wildman–Crippen LogP) is 2.72. The van der Waals surface area contributed by atoms with E-state index in [1.54, 1.807) is 0 Å². The van der Waals surface area contributed by atoms with Gasteiger partial charge in [0.15, 0.2) is 0 Å². The maximum Gasteiger partial charge on any atom is 0.311 e. The van der Waals surface area contributed by atoms with Gasteiger partial charge in [0.05, 0.1) is 16.0 Å². The molecule has 2 rings (SSSR count). The third kappa shape index (κ3) is 2.60. The van der Waals surface area contributed by atoms with Crippen LogP contribution in [0, 0.1) is 5.41 Å². The summed E-state index contributed by atoms with van der Waals surface area (Å²) in [7, 11) is 0. The van der Waals surface area contributed by atoms with E-state index in [1.807, 2.05) is 6.92 Å². The van der Waals surface area contributed by atoms with Crippen LogP contribution < -0.4 is 0 Å². The van der Waals surface area contributed by atoms with Crippen LogP contribution in [0.2, 0.25) is 10.2 Å². The summed E-state index contributed by atoms with van der Waals surface area (Å²) >= 11 is 11.5. The number of aromatic nitrogens is 1. The lowest BCUT2D eigenvalue weighted by Gasteiger charge is -2.23. The normalized spacial score (nSPS) is 22.1. The first-order valence-corrected chi connectivity index (χ1v) is 6.99. The van der Waals surface area contributed by atoms with Gasteiger partial charge in [-0.2, -0.15) is 0 Å². The number of rotatable bonds is 3. The van der Waals surface area contributed by atoms with Crippen LogP contribution in [-0.4, -0.2) is 40.0 Å². The summed E-state index contributed by atoms with van der Waals surface area (Å²) in [4.78, 5) is 29.1. The summed E-state index contributed by atoms with van der Waals surface area (Å²) in [5, 5.41) is 9.67. The molecular formula is C13H14Cl2N2O3. The van der Waals surface area contributed by atoms with Crippen molar-refractivity contribution in [1.29, 1.82) is 0 Å². The molecule has 1 aromatic rings. The Morgan fingerprint density at radius 3 is 2.70 bits per heavy atom. The lowest BCUT2D eigenvalue weighted by molar-refractivity contribution is -0.148. The number of carboxylic acids is 1. The summed E-state index contributed by atoms with van der Waals surface area (Å²) in [6, 6.07) is 1.45. The number of carbonyl (C=O) groups excluding carboxylic acids is 1. The first kappa shape index (κ1) is 15.1. The van der Waals surface area contributed by atoms with Crippen LogP contribution in [0.3, 0.4) is 0 Å². The zero-order valence-electron chi connectivity index (χ0n) is 10.9. The summed E-state index contributed by atoms with van der Waals surface area (Å²) < 4.78 is 0. The Bertz CT molecular complexity index is 565. The third-order valence-corrected chi connectivity index (χ3v) is 4.50. The third-order valence-electron chi connectivity index (χ3n) is 3.81. The summed E-state index contributed by atoms with van der Waals surface area (Å²) in [6.45, 7) is 2.44. The number of nitrogens with zero attached hydrogens (tertiary/aromatic N) is 2. The maximum absolute atomic E-state index is 12.3. The number of carboxylic acid groups (broad SMARTS) is 1. The molecule has 1 amide bonds. The molecule has 0 aromatic carbocycles. The number of pyridine rings is 1. The molecule has 5 nitrogen and oxygen atoms in total. The summed E-state index contributed by atoms with van der Waals surface area (Å²) in [6.07, 6.45) is 2.30. The highest BCUT2D eigenvalue weighted by molar-refractivity contribution is 6.41. The Morgan fingerprint density at radius 1 is 1.50 bits per heavy atom. The molecule has 1 saturated heterocycles. The molecule has 108 valence electrons. The molecule has 7 heteroatoms. The summed E-state index contributed by atoms with van der Waals surface area (Å²) in [5.41, 5.74) is -0.532. The SMILES string of the molecule is CCC1(C(=O)O)CCN(C(=O)c2cnc(Cl)c(Cl)c2)C1. The largest absolute Gasteiger partial charge is 0.481 e. The second kappa shape index (κ2) is 5.58. The predicted molar refractivity (Wildman–Crippen MR) is 75.1 cm³/mol. The van der Waals surface area contributed by atoms with Crippen LogP contribution in [0.25, 0.3) is 0 Å². The molecule has 0 radical (unpaired) electrons. The van der Waals surface area contributed by atoms with Gasteiger partial charge in [-0.25, -0.2) is 4.98 Å². The van der Waals surface area contributed by atoms with E-state index in [9.17, 15) is 14.7 Å². The fourth-order valence-electron chi connectivity index (χ4n) is 2.38. The van der Waals surface area contributed by atoms with Gasteiger partial charge >= 0.3 is 5.97 Å². The molecule has 0 aliphatic carbocycles. The minimum absolute atomic E-state index is 0.137. The molecule has 1 N–H and O–H groups in total. The van der Waals surface area contributed by atoms with E-state index >= 15 is 0 Å². The fraction of sp³-hybridized carbons (Fsp3) is 0.462. The maximum atomic E-state index is 12.3. The molecule has 0 saturated carbocycles. The van der Waals surface area contributed by atoms with Crippen molar-refractivity contribution in [3.05, 3.63) is 28.0 Å². The molecule has 1 fully saturated rings. The van der Waals surface area contributed by atoms with Crippen molar-refractivity contribution < 1.29 is 14.7 Å². The van der Waals surface area contributed by atoms with Crippen molar-refractivity contribution >= 4 is 35.1 Å². The van der Waals surface area contributed by atoms with Gasteiger partial charge < -0.3 is 10.0 Å². The zero-order chi connectivity index (χ0) is 14.9. The van der Waals surface area contributed by atoms with Gasteiger partial charge in [-0.05, 0) is 18.9 Å². The first-order valence-electron chi connectivity index (χ1n) is 6.23. The number of halogens is 2. The number of hydrogen-bond donors (Lipinski definition) is 1. The molecule has 20 heavy (non-hydrogen) atoms. The van der Waals surface area contributed by atoms with Crippen LogP contribution in [0.1, 0.15) is 30.1 Å². The van der Waals surface area contributed by atoms with Gasteiger partial charge in [-0.1, -0.05) is 30.1 Å². The van der Waals surface area contributed by atoms with E-state index in [0.29, 0.717) is 24.9 Å². The Balaban J connectivity index is 2.19. The van der Waals surface area contributed by atoms with Crippen molar-refractivity contribution in [2.45, 2.75) is 19.8 Å². The summed E-state index contributed by atoms with van der Waals surface area (Å²) in [5.74, 6) is -1.13. The topological polar surface area (TPSA) is 70.5 Å². The number of carbonyl (C=O) groups is 2. The minimum Gasteiger partial charge on any atom is -0.481 e. The van der Waals surface area contributed by atoms with E-state index in [1.165, 1.54) is 17.2 Å². The van der Waals surface area contributed by atoms with Gasteiger partial charge in [0, 0.05) is 19.3 Å². The smallest absolute Gasteiger partial charge is 0.311 e. The average molecular weight is 317 g/mol. The minimum atomic E-state index is -0.859. The number of hydrogen-bond acceptors (Lipinski definition) is 3. The van der Waals surface area contributed by atoms with Crippen LogP contribution >= 0.6 is 23.2 Å². The van der Waals surface area contributed by atoms with Crippen LogP contribution in [-0.2, 0) is 4.79 Å². The Morgan fingerprint density at radius 2 is 2.20 bits per heavy atom. The van der Waals surface area contributed by atoms with Crippen molar-refractivity contribution in [2.24, 2.45) is 5.41 Å². The van der Waals surface area contributed by atoms with Crippen molar-refractivity contribution in [1.82, 2.24) is 9.88 Å². The Kier molecular flexibility index (Phi) is 4.20. The number of likely N-dealkylation sites (tertiary alicyclic amines) is 1. The van der Waals surface area contributed by atoms with E-state index < -0.39 is 11.4 Å². The highest BCUT2D eigenvalue weighted by atomic mass is 35.5. The number of amides is 1. The van der Waals surface area contributed by atoms with E-state index in [-0.39, 0.29) is 22.6 Å². The lowest BCUT2D eigenvalue weighted by atomic mass is 9.84. The van der Waals surface area contributed by atoms with Crippen LogP contribution in [0.5, 0.6) is 0 Å². The van der Waals surface area contributed by atoms with Crippen molar-refractivity contribution in [3.8, 4) is 0 Å². The second-order valence-corrected chi connectivity index (χ2v) is 5.68. The van der Waals surface area contributed by atoms with Crippen molar-refractivity contribution in [3.63, 3.8) is 0 Å². The van der Waals surface area contributed by atoms with Gasteiger partial charge in [-0.3, -0.25) is 9.59 Å². The average Bonchev–Trinajstić information content (AvgIpc) is 2.87. The van der Waals surface area contributed by atoms with E-state index in [0.717, 1.165) is 0 Å². The quantitative estimate of drug-likeness (QED) is 0.870. The Labute approximate surface area is 126 Å². The molecule has 1 aromatic heterocycles. The standard InChI is InChI=1S/C13H14Cl2N2O3/c1-2-13(12(19)20)3-4-17(7-13)11(18)8-5-9(14)10(15)16-6-8/h5-6H,2-4,7H2,1H3,(H,19,20). The number of aliphatic carboxylic acids is 1. The molecule has 1 aliphatic rings. The zero-order valence-corrected chi connectivity index (χ0v) is 12.4. The monoisotopic (exact) mass is 316 g/mol. The van der Waals surface area contributed by atoms with E-state index in [4.69, 9.17) is 23.2 Å². The van der Waals surface area contributed by atoms with Crippen LogP contribution in [0.15, 0.2) is 12.3 Å². The highest BCUT2D eigenvalue weighted by Gasteiger charge is 2.44. The van der Waals surface area contributed by atoms with Gasteiger partial charge in [0.2, 0.25) is 0 Å². The molecule has 1 atom stereocenters. The van der Waals surface area contributed by atoms with Gasteiger partial charge in [0.25, 0.3) is 5.91 Å². The van der Waals surface area contributed by atoms with E-state index in [2.05, 4.69) is 4.98 Å². The van der Waals surface area contributed by atoms with Crippen molar-refractivity contribution in [2.75, 3.05) is 13.1 Å². The molecule has 0 spiro atoms. The lowest BCUT2D eigenvalue weighted by Crippen LogP contribution is -2.36. The second-order valence-electron chi connectivity index (χ2n) is 4.91. The Hall–Kier alpha value is -1.33. The molecule has 1 unspecified atom stereocenters. The highest BCUT2D eigenvalue weighted by Crippen LogP contribution is 2.35. The molecule has 1 aliphatic heterocycles. The molecular weight excluding hydrogens is 303 g/mol. The van der Waals surface area contributed by atoms with Gasteiger partial charge in [0.1, 0.15) is 5.15 Å². The fourth-order valence-corrected chi connectivity index (χ4v) is 2.65. The van der Waals surface area contributed by atoms with Gasteiger partial charge in [-0.15, -0.1) is 0 Å².